The number of piperidine rings is 1. The second-order valence-electron chi connectivity index (χ2n) is 6.14. The average Bonchev–Trinajstić information content (AvgIpc) is 3.04. The van der Waals surface area contributed by atoms with E-state index in [0.29, 0.717) is 6.04 Å². The molecule has 0 bridgehead atoms. The van der Waals surface area contributed by atoms with Crippen molar-refractivity contribution in [3.63, 3.8) is 0 Å². The summed E-state index contributed by atoms with van der Waals surface area (Å²) < 4.78 is 0. The molecule has 2 N–H and O–H groups in total. The van der Waals surface area contributed by atoms with Crippen LogP contribution in [0.3, 0.4) is 0 Å². The van der Waals surface area contributed by atoms with Crippen LogP contribution in [0.5, 0.6) is 0 Å². The molecule has 1 aliphatic carbocycles. The number of thiophene rings is 1. The molecule has 1 atom stereocenters. The van der Waals surface area contributed by atoms with Gasteiger partial charge >= 0.3 is 0 Å². The third kappa shape index (κ3) is 3.61. The molecule has 3 rings (SSSR count). The van der Waals surface area contributed by atoms with Crippen LogP contribution in [0.15, 0.2) is 17.5 Å². The molecule has 118 valence electrons. The van der Waals surface area contributed by atoms with E-state index in [-0.39, 0.29) is 23.7 Å². The largest absolute Gasteiger partial charge is 0.351 e. The molecular weight excluding hydrogens is 304 g/mol. The smallest absolute Gasteiger partial charge is 0.231 e. The topological polar surface area (TPSA) is 41.1 Å². The predicted molar refractivity (Wildman–Crippen MR) is 90.4 cm³/mol. The summed E-state index contributed by atoms with van der Waals surface area (Å²) in [5.74, 6) is 0.272. The number of nitrogens with one attached hydrogen (secondary N) is 2. The first-order valence-corrected chi connectivity index (χ1v) is 8.75. The van der Waals surface area contributed by atoms with Crippen LogP contribution in [-0.4, -0.2) is 25.0 Å². The van der Waals surface area contributed by atoms with Gasteiger partial charge in [0, 0.05) is 17.5 Å². The number of carbonyl (C=O) groups excluding carboxylic acids is 1. The molecule has 3 nitrogen and oxygen atoms in total. The number of halogens is 1. The first-order chi connectivity index (χ1) is 9.81. The monoisotopic (exact) mass is 328 g/mol. The SMILES string of the molecule is Cl.O=C(NC1CCCNC1)C1(c2cccs2)CCCCC1. The molecule has 1 amide bonds. The van der Waals surface area contributed by atoms with Crippen LogP contribution in [0.25, 0.3) is 0 Å². The molecule has 21 heavy (non-hydrogen) atoms. The van der Waals surface area contributed by atoms with Crippen molar-refractivity contribution in [2.24, 2.45) is 0 Å². The van der Waals surface area contributed by atoms with Crippen molar-refractivity contribution in [1.29, 1.82) is 0 Å². The van der Waals surface area contributed by atoms with E-state index >= 15 is 0 Å². The molecule has 1 unspecified atom stereocenters. The van der Waals surface area contributed by atoms with Gasteiger partial charge in [0.2, 0.25) is 5.91 Å². The molecule has 1 aromatic rings. The van der Waals surface area contributed by atoms with E-state index in [4.69, 9.17) is 0 Å². The van der Waals surface area contributed by atoms with Crippen molar-refractivity contribution in [2.45, 2.75) is 56.4 Å². The summed E-state index contributed by atoms with van der Waals surface area (Å²) in [6.45, 7) is 2.01. The van der Waals surface area contributed by atoms with E-state index in [1.807, 2.05) is 0 Å². The van der Waals surface area contributed by atoms with Crippen LogP contribution in [0.4, 0.5) is 0 Å². The second-order valence-corrected chi connectivity index (χ2v) is 7.08. The van der Waals surface area contributed by atoms with Crippen molar-refractivity contribution in [3.05, 3.63) is 22.4 Å². The summed E-state index contributed by atoms with van der Waals surface area (Å²) in [5, 5.41) is 8.80. The summed E-state index contributed by atoms with van der Waals surface area (Å²) in [6, 6.07) is 4.54. The third-order valence-corrected chi connectivity index (χ3v) is 5.84. The van der Waals surface area contributed by atoms with Crippen molar-refractivity contribution in [2.75, 3.05) is 13.1 Å². The zero-order valence-corrected chi connectivity index (χ0v) is 14.0. The van der Waals surface area contributed by atoms with Gasteiger partial charge in [0.25, 0.3) is 0 Å². The molecule has 2 heterocycles. The maximum atomic E-state index is 13.0. The first kappa shape index (κ1) is 16.8. The minimum absolute atomic E-state index is 0. The Morgan fingerprint density at radius 2 is 2.10 bits per heavy atom. The highest BCUT2D eigenvalue weighted by Crippen LogP contribution is 2.41. The number of hydrogen-bond acceptors (Lipinski definition) is 3. The molecule has 0 aromatic carbocycles. The third-order valence-electron chi connectivity index (χ3n) is 4.77. The normalized spacial score (nSPS) is 24.9. The van der Waals surface area contributed by atoms with E-state index in [1.54, 1.807) is 11.3 Å². The van der Waals surface area contributed by atoms with Gasteiger partial charge < -0.3 is 10.6 Å². The van der Waals surface area contributed by atoms with E-state index < -0.39 is 0 Å². The van der Waals surface area contributed by atoms with Gasteiger partial charge in [-0.1, -0.05) is 25.3 Å². The highest BCUT2D eigenvalue weighted by Gasteiger charge is 2.42. The summed E-state index contributed by atoms with van der Waals surface area (Å²) in [6.07, 6.45) is 7.92. The van der Waals surface area contributed by atoms with Crippen LogP contribution in [0, 0.1) is 0 Å². The Labute approximate surface area is 137 Å². The number of amides is 1. The molecule has 2 aliphatic rings. The Morgan fingerprint density at radius 3 is 2.71 bits per heavy atom. The highest BCUT2D eigenvalue weighted by molar-refractivity contribution is 7.10. The molecule has 1 aromatic heterocycles. The Kier molecular flexibility index (Phi) is 6.08. The van der Waals surface area contributed by atoms with Crippen LogP contribution < -0.4 is 10.6 Å². The zero-order chi connectivity index (χ0) is 13.8. The maximum Gasteiger partial charge on any atom is 0.231 e. The van der Waals surface area contributed by atoms with Gasteiger partial charge in [0.05, 0.1) is 5.41 Å². The standard InChI is InChI=1S/C16H24N2OS.ClH/c19-15(18-13-6-4-10-17-12-13)16(8-2-1-3-9-16)14-7-5-11-20-14;/h5,7,11,13,17H,1-4,6,8-10,12H2,(H,18,19);1H. The lowest BCUT2D eigenvalue weighted by Crippen LogP contribution is -2.52. The van der Waals surface area contributed by atoms with Gasteiger partial charge in [0.1, 0.15) is 0 Å². The zero-order valence-electron chi connectivity index (χ0n) is 12.4. The fourth-order valence-electron chi connectivity index (χ4n) is 3.59. The van der Waals surface area contributed by atoms with Crippen molar-refractivity contribution in [3.8, 4) is 0 Å². The first-order valence-electron chi connectivity index (χ1n) is 7.87. The quantitative estimate of drug-likeness (QED) is 0.894. The fourth-order valence-corrected chi connectivity index (χ4v) is 4.57. The lowest BCUT2D eigenvalue weighted by molar-refractivity contribution is -0.128. The van der Waals surface area contributed by atoms with Gasteiger partial charge in [-0.05, 0) is 43.7 Å². The summed E-state index contributed by atoms with van der Waals surface area (Å²) in [5.41, 5.74) is -0.246. The van der Waals surface area contributed by atoms with E-state index in [1.165, 1.54) is 24.1 Å². The molecule has 1 aliphatic heterocycles. The highest BCUT2D eigenvalue weighted by atomic mass is 35.5. The molecule has 1 saturated carbocycles. The van der Waals surface area contributed by atoms with Gasteiger partial charge in [-0.15, -0.1) is 23.7 Å². The molecule has 5 heteroatoms. The molecular formula is C16H25ClN2OS. The van der Waals surface area contributed by atoms with E-state index in [0.717, 1.165) is 38.8 Å². The summed E-state index contributed by atoms with van der Waals surface area (Å²) in [7, 11) is 0. The van der Waals surface area contributed by atoms with Crippen LogP contribution >= 0.6 is 23.7 Å². The van der Waals surface area contributed by atoms with Gasteiger partial charge in [-0.25, -0.2) is 0 Å². The lowest BCUT2D eigenvalue weighted by atomic mass is 9.72. The number of carbonyl (C=O) groups is 1. The predicted octanol–water partition coefficient (Wildman–Crippen LogP) is 3.24. The Hall–Kier alpha value is -0.580. The molecule has 1 saturated heterocycles. The van der Waals surface area contributed by atoms with Crippen molar-refractivity contribution in [1.82, 2.24) is 10.6 Å². The molecule has 0 spiro atoms. The number of rotatable bonds is 3. The maximum absolute atomic E-state index is 13.0. The number of hydrogen-bond donors (Lipinski definition) is 2. The summed E-state index contributed by atoms with van der Waals surface area (Å²) in [4.78, 5) is 14.2. The van der Waals surface area contributed by atoms with Crippen molar-refractivity contribution < 1.29 is 4.79 Å². The minimum atomic E-state index is -0.246. The summed E-state index contributed by atoms with van der Waals surface area (Å²) >= 11 is 1.74. The Morgan fingerprint density at radius 1 is 1.29 bits per heavy atom. The van der Waals surface area contributed by atoms with Crippen LogP contribution in [0.2, 0.25) is 0 Å². The van der Waals surface area contributed by atoms with E-state index in [2.05, 4.69) is 28.1 Å². The van der Waals surface area contributed by atoms with Crippen LogP contribution in [-0.2, 0) is 10.2 Å². The fraction of sp³-hybridized carbons (Fsp3) is 0.688. The average molecular weight is 329 g/mol. The van der Waals surface area contributed by atoms with Crippen molar-refractivity contribution >= 4 is 29.7 Å². The Balaban J connectivity index is 0.00000161. The second kappa shape index (κ2) is 7.61. The van der Waals surface area contributed by atoms with Gasteiger partial charge in [-0.3, -0.25) is 4.79 Å². The van der Waals surface area contributed by atoms with E-state index in [9.17, 15) is 4.79 Å². The molecule has 2 fully saturated rings. The van der Waals surface area contributed by atoms with Gasteiger partial charge in [0.15, 0.2) is 0 Å². The van der Waals surface area contributed by atoms with Crippen LogP contribution in [0.1, 0.15) is 49.8 Å². The lowest BCUT2D eigenvalue weighted by Gasteiger charge is -2.37. The molecule has 0 radical (unpaired) electrons. The minimum Gasteiger partial charge on any atom is -0.351 e. The van der Waals surface area contributed by atoms with Gasteiger partial charge in [-0.2, -0.15) is 0 Å². The Bertz CT molecular complexity index is 437.